The molecule has 1 aliphatic rings. The minimum absolute atomic E-state index is 0.218. The molecular formula is C16H34N2O. The van der Waals surface area contributed by atoms with Crippen molar-refractivity contribution in [2.45, 2.75) is 84.6 Å². The highest BCUT2D eigenvalue weighted by Gasteiger charge is 2.22. The lowest BCUT2D eigenvalue weighted by Crippen LogP contribution is -2.31. The van der Waals surface area contributed by atoms with Gasteiger partial charge in [-0.1, -0.05) is 59.3 Å². The van der Waals surface area contributed by atoms with Gasteiger partial charge in [-0.25, -0.2) is 0 Å². The molecule has 3 heteroatoms. The highest BCUT2D eigenvalue weighted by atomic mass is 16.2. The number of carbonyl (C=O) groups excluding carboxylic acids is 1. The number of carbonyl (C=O) groups is 1. The van der Waals surface area contributed by atoms with Crippen molar-refractivity contribution < 1.29 is 4.79 Å². The third-order valence-electron chi connectivity index (χ3n) is 3.53. The molecule has 1 unspecified atom stereocenters. The van der Waals surface area contributed by atoms with Gasteiger partial charge in [0, 0.05) is 25.6 Å². The largest absolute Gasteiger partial charge is 0.341 e. The molecule has 1 rings (SSSR count). The first kappa shape index (κ1) is 18.4. The summed E-state index contributed by atoms with van der Waals surface area (Å²) in [6, 6.07) is 0.218. The number of hydrogen-bond acceptors (Lipinski definition) is 2. The van der Waals surface area contributed by atoms with E-state index in [0.717, 1.165) is 32.4 Å². The van der Waals surface area contributed by atoms with Crippen molar-refractivity contribution in [1.29, 1.82) is 0 Å². The molecule has 2 N–H and O–H groups in total. The first-order valence-corrected chi connectivity index (χ1v) is 8.18. The van der Waals surface area contributed by atoms with E-state index in [1.54, 1.807) is 0 Å². The van der Waals surface area contributed by atoms with Gasteiger partial charge in [-0.2, -0.15) is 0 Å². The molecule has 0 aromatic rings. The number of nitrogens with zero attached hydrogens (tertiary/aromatic N) is 1. The third-order valence-corrected chi connectivity index (χ3v) is 3.53. The molecule has 1 fully saturated rings. The smallest absolute Gasteiger partial charge is 0.222 e. The van der Waals surface area contributed by atoms with Gasteiger partial charge in [-0.3, -0.25) is 4.79 Å². The van der Waals surface area contributed by atoms with Crippen molar-refractivity contribution >= 4 is 5.91 Å². The second kappa shape index (κ2) is 12.5. The highest BCUT2D eigenvalue weighted by Crippen LogP contribution is 2.10. The fraction of sp³-hybridized carbons (Fsp3) is 0.938. The first-order valence-electron chi connectivity index (χ1n) is 8.18. The third kappa shape index (κ3) is 9.94. The van der Waals surface area contributed by atoms with E-state index in [-0.39, 0.29) is 6.04 Å². The molecule has 0 spiro atoms. The van der Waals surface area contributed by atoms with E-state index < -0.39 is 0 Å². The summed E-state index contributed by atoms with van der Waals surface area (Å²) >= 11 is 0. The average Bonchev–Trinajstić information content (AvgIpc) is 2.84. The molecule has 1 saturated heterocycles. The maximum atomic E-state index is 11.5. The van der Waals surface area contributed by atoms with Crippen molar-refractivity contribution in [1.82, 2.24) is 4.90 Å². The van der Waals surface area contributed by atoms with Gasteiger partial charge in [0.1, 0.15) is 0 Å². The highest BCUT2D eigenvalue weighted by molar-refractivity contribution is 5.76. The molecule has 0 aromatic heterocycles. The fourth-order valence-electron chi connectivity index (χ4n) is 2.20. The second-order valence-corrected chi connectivity index (χ2v) is 5.55. The van der Waals surface area contributed by atoms with Gasteiger partial charge in [-0.05, 0) is 12.8 Å². The molecule has 114 valence electrons. The van der Waals surface area contributed by atoms with Crippen LogP contribution < -0.4 is 5.73 Å². The summed E-state index contributed by atoms with van der Waals surface area (Å²) in [4.78, 5) is 13.4. The molecule has 0 aromatic carbocycles. The van der Waals surface area contributed by atoms with E-state index >= 15 is 0 Å². The van der Waals surface area contributed by atoms with Gasteiger partial charge in [0.05, 0.1) is 0 Å². The summed E-state index contributed by atoms with van der Waals surface area (Å²) in [5.41, 5.74) is 5.72. The van der Waals surface area contributed by atoms with Crippen LogP contribution in [0.5, 0.6) is 0 Å². The zero-order chi connectivity index (χ0) is 14.5. The normalized spacial score (nSPS) is 18.1. The molecule has 1 amide bonds. The van der Waals surface area contributed by atoms with Crippen LogP contribution in [0, 0.1) is 0 Å². The van der Waals surface area contributed by atoms with Gasteiger partial charge >= 0.3 is 0 Å². The predicted molar refractivity (Wildman–Crippen MR) is 83.1 cm³/mol. The van der Waals surface area contributed by atoms with Crippen molar-refractivity contribution in [3.8, 4) is 0 Å². The first-order chi connectivity index (χ1) is 9.15. The van der Waals surface area contributed by atoms with E-state index in [4.69, 9.17) is 5.73 Å². The maximum Gasteiger partial charge on any atom is 0.222 e. The topological polar surface area (TPSA) is 46.3 Å². The van der Waals surface area contributed by atoms with Crippen LogP contribution in [0.1, 0.15) is 78.6 Å². The molecule has 19 heavy (non-hydrogen) atoms. The van der Waals surface area contributed by atoms with E-state index in [2.05, 4.69) is 20.8 Å². The summed E-state index contributed by atoms with van der Waals surface area (Å²) in [6.45, 7) is 8.25. The summed E-state index contributed by atoms with van der Waals surface area (Å²) < 4.78 is 0. The number of likely N-dealkylation sites (tertiary alicyclic amines) is 1. The summed E-state index contributed by atoms with van der Waals surface area (Å²) in [5, 5.41) is 0. The van der Waals surface area contributed by atoms with Crippen molar-refractivity contribution in [3.05, 3.63) is 0 Å². The van der Waals surface area contributed by atoms with Crippen LogP contribution in [-0.2, 0) is 4.79 Å². The Kier molecular flexibility index (Phi) is 12.1. The molecule has 1 heterocycles. The van der Waals surface area contributed by atoms with Crippen LogP contribution in [0.15, 0.2) is 0 Å². The second-order valence-electron chi connectivity index (χ2n) is 5.55. The lowest BCUT2D eigenvalue weighted by atomic mass is 10.2. The summed E-state index contributed by atoms with van der Waals surface area (Å²) in [5.74, 6) is 0.293. The van der Waals surface area contributed by atoms with Gasteiger partial charge in [0.15, 0.2) is 0 Å². The number of unbranched alkanes of at least 4 members (excludes halogenated alkanes) is 5. The Bertz CT molecular complexity index is 215. The van der Waals surface area contributed by atoms with Crippen molar-refractivity contribution in [2.75, 3.05) is 13.1 Å². The Labute approximate surface area is 119 Å². The minimum atomic E-state index is 0.218. The lowest BCUT2D eigenvalue weighted by Gasteiger charge is -2.15. The summed E-state index contributed by atoms with van der Waals surface area (Å²) in [7, 11) is 0. The van der Waals surface area contributed by atoms with Crippen LogP contribution in [0.25, 0.3) is 0 Å². The van der Waals surface area contributed by atoms with Crippen LogP contribution in [0.2, 0.25) is 0 Å². The molecular weight excluding hydrogens is 236 g/mol. The molecule has 0 aliphatic carbocycles. The molecule has 0 radical (unpaired) electrons. The van der Waals surface area contributed by atoms with Gasteiger partial charge in [0.2, 0.25) is 5.91 Å². The van der Waals surface area contributed by atoms with Crippen molar-refractivity contribution in [2.24, 2.45) is 5.73 Å². The van der Waals surface area contributed by atoms with E-state index in [9.17, 15) is 4.79 Å². The van der Waals surface area contributed by atoms with Gasteiger partial charge < -0.3 is 10.6 Å². The van der Waals surface area contributed by atoms with E-state index in [0.29, 0.717) is 12.3 Å². The zero-order valence-corrected chi connectivity index (χ0v) is 13.3. The Morgan fingerprint density at radius 1 is 1.05 bits per heavy atom. The van der Waals surface area contributed by atoms with Crippen LogP contribution in [0.3, 0.4) is 0 Å². The molecule has 1 atom stereocenters. The standard InChI is InChI=1S/C10H20N2O.C6H14/c1-2-3-4-5-10(13)12-7-6-9(11)8-12;1-3-5-6-4-2/h9H,2-8,11H2,1H3;3-6H2,1-2H3. The van der Waals surface area contributed by atoms with Crippen molar-refractivity contribution in [3.63, 3.8) is 0 Å². The van der Waals surface area contributed by atoms with Crippen LogP contribution >= 0.6 is 0 Å². The van der Waals surface area contributed by atoms with Crippen LogP contribution in [-0.4, -0.2) is 29.9 Å². The van der Waals surface area contributed by atoms with Crippen LogP contribution in [0.4, 0.5) is 0 Å². The van der Waals surface area contributed by atoms with E-state index in [1.165, 1.54) is 32.1 Å². The predicted octanol–water partition coefficient (Wildman–Crippen LogP) is 3.71. The number of rotatable bonds is 7. The Hall–Kier alpha value is -0.570. The Morgan fingerprint density at radius 2 is 1.58 bits per heavy atom. The monoisotopic (exact) mass is 270 g/mol. The molecule has 1 aliphatic heterocycles. The number of nitrogens with two attached hydrogens (primary N) is 1. The SMILES string of the molecule is CCCCCC.CCCCCC(=O)N1CCC(N)C1. The molecule has 3 nitrogen and oxygen atoms in total. The minimum Gasteiger partial charge on any atom is -0.341 e. The Morgan fingerprint density at radius 3 is 2.00 bits per heavy atom. The number of hydrogen-bond donors (Lipinski definition) is 1. The average molecular weight is 270 g/mol. The number of amides is 1. The quantitative estimate of drug-likeness (QED) is 0.717. The zero-order valence-electron chi connectivity index (χ0n) is 13.3. The van der Waals surface area contributed by atoms with E-state index in [1.807, 2.05) is 4.90 Å². The van der Waals surface area contributed by atoms with Gasteiger partial charge in [-0.15, -0.1) is 0 Å². The van der Waals surface area contributed by atoms with Gasteiger partial charge in [0.25, 0.3) is 0 Å². The lowest BCUT2D eigenvalue weighted by molar-refractivity contribution is -0.130. The Balaban J connectivity index is 0.000000459. The molecule has 0 saturated carbocycles. The summed E-state index contributed by atoms with van der Waals surface area (Å²) in [6.07, 6.45) is 10.6. The fourth-order valence-corrected chi connectivity index (χ4v) is 2.20. The maximum absolute atomic E-state index is 11.5. The molecule has 0 bridgehead atoms.